The fraction of sp³-hybridized carbons (Fsp3) is 0.429. The Kier molecular flexibility index (Phi) is 5.10. The normalized spacial score (nSPS) is 21.4. The van der Waals surface area contributed by atoms with Crippen molar-refractivity contribution in [2.45, 2.75) is 43.9 Å². The molecule has 0 saturated heterocycles. The summed E-state index contributed by atoms with van der Waals surface area (Å²) >= 11 is 0. The average Bonchev–Trinajstić information content (AvgIpc) is 3.59. The van der Waals surface area contributed by atoms with Crippen LogP contribution >= 0.6 is 0 Å². The van der Waals surface area contributed by atoms with Crippen LogP contribution in [0, 0.1) is 5.92 Å². The molecule has 0 radical (unpaired) electrons. The number of alkyl halides is 3. The number of hydrogen-bond donors (Lipinski definition) is 2. The summed E-state index contributed by atoms with van der Waals surface area (Å²) in [5.74, 6) is 0.924. The van der Waals surface area contributed by atoms with Gasteiger partial charge in [0.15, 0.2) is 0 Å². The lowest BCUT2D eigenvalue weighted by Gasteiger charge is -2.12. The van der Waals surface area contributed by atoms with Crippen molar-refractivity contribution >= 4 is 5.91 Å². The fourth-order valence-electron chi connectivity index (χ4n) is 3.41. The summed E-state index contributed by atoms with van der Waals surface area (Å²) in [7, 11) is 0. The molecule has 1 aromatic carbocycles. The molecule has 0 aliphatic heterocycles. The molecule has 28 heavy (non-hydrogen) atoms. The SMILES string of the molecule is O=C(NCc1ncccc1C(F)(F)F)c1ccc(C2CC2NCC2CC2)cc1. The molecule has 2 N–H and O–H groups in total. The van der Waals surface area contributed by atoms with Crippen LogP contribution in [0.3, 0.4) is 0 Å². The minimum absolute atomic E-state index is 0.192. The highest BCUT2D eigenvalue weighted by molar-refractivity contribution is 5.94. The van der Waals surface area contributed by atoms with Gasteiger partial charge in [-0.1, -0.05) is 12.1 Å². The molecule has 4 nitrogen and oxygen atoms in total. The van der Waals surface area contributed by atoms with Crippen molar-refractivity contribution in [3.05, 3.63) is 65.0 Å². The molecular formula is C21H22F3N3O. The van der Waals surface area contributed by atoms with Crippen LogP contribution in [0.5, 0.6) is 0 Å². The third-order valence-electron chi connectivity index (χ3n) is 5.37. The Balaban J connectivity index is 1.32. The van der Waals surface area contributed by atoms with Crippen LogP contribution in [0.1, 0.15) is 52.4 Å². The maximum atomic E-state index is 13.0. The Hall–Kier alpha value is -2.41. The summed E-state index contributed by atoms with van der Waals surface area (Å²) < 4.78 is 39.0. The Morgan fingerprint density at radius 3 is 2.57 bits per heavy atom. The first kappa shape index (κ1) is 18.9. The zero-order chi connectivity index (χ0) is 19.7. The number of benzene rings is 1. The minimum Gasteiger partial charge on any atom is -0.346 e. The number of hydrogen-bond acceptors (Lipinski definition) is 3. The molecule has 2 unspecified atom stereocenters. The summed E-state index contributed by atoms with van der Waals surface area (Å²) in [6.45, 7) is 0.821. The van der Waals surface area contributed by atoms with Gasteiger partial charge in [-0.2, -0.15) is 13.2 Å². The number of amides is 1. The smallest absolute Gasteiger partial charge is 0.346 e. The van der Waals surface area contributed by atoms with E-state index < -0.39 is 17.6 Å². The van der Waals surface area contributed by atoms with E-state index in [1.165, 1.54) is 30.7 Å². The van der Waals surface area contributed by atoms with Crippen molar-refractivity contribution in [2.24, 2.45) is 5.92 Å². The number of pyridine rings is 1. The number of nitrogens with zero attached hydrogens (tertiary/aromatic N) is 1. The van der Waals surface area contributed by atoms with Crippen LogP contribution in [-0.4, -0.2) is 23.5 Å². The zero-order valence-corrected chi connectivity index (χ0v) is 15.3. The first-order chi connectivity index (χ1) is 13.4. The molecule has 4 rings (SSSR count). The van der Waals surface area contributed by atoms with E-state index in [-0.39, 0.29) is 12.2 Å². The molecule has 148 valence electrons. The summed E-state index contributed by atoms with van der Waals surface area (Å²) in [5, 5.41) is 6.11. The lowest BCUT2D eigenvalue weighted by Crippen LogP contribution is -2.25. The highest BCUT2D eigenvalue weighted by Gasteiger charge is 2.39. The second kappa shape index (κ2) is 7.54. The van der Waals surface area contributed by atoms with E-state index in [0.29, 0.717) is 17.5 Å². The Bertz CT molecular complexity index is 847. The van der Waals surface area contributed by atoms with Gasteiger partial charge in [0, 0.05) is 23.7 Å². The predicted octanol–water partition coefficient (Wildman–Crippen LogP) is 3.89. The van der Waals surface area contributed by atoms with Gasteiger partial charge in [-0.25, -0.2) is 0 Å². The standard InChI is InChI=1S/C21H22F3N3O/c22-21(23,24)17-2-1-9-25-19(17)12-27-20(28)15-7-5-14(6-8-15)16-10-18(16)26-11-13-3-4-13/h1-2,5-9,13,16,18,26H,3-4,10-12H2,(H,27,28). The van der Waals surface area contributed by atoms with E-state index in [1.807, 2.05) is 12.1 Å². The topological polar surface area (TPSA) is 54.0 Å². The Morgan fingerprint density at radius 1 is 1.14 bits per heavy atom. The van der Waals surface area contributed by atoms with Gasteiger partial charge >= 0.3 is 6.18 Å². The number of aromatic nitrogens is 1. The van der Waals surface area contributed by atoms with Crippen molar-refractivity contribution in [3.8, 4) is 0 Å². The maximum absolute atomic E-state index is 13.0. The van der Waals surface area contributed by atoms with Crippen molar-refractivity contribution < 1.29 is 18.0 Å². The second-order valence-corrected chi connectivity index (χ2v) is 7.60. The summed E-state index contributed by atoms with van der Waals surface area (Å²) in [6, 6.07) is 10.0. The lowest BCUT2D eigenvalue weighted by atomic mass is 10.1. The molecule has 0 bridgehead atoms. The monoisotopic (exact) mass is 389 g/mol. The number of nitrogens with one attached hydrogen (secondary N) is 2. The Labute approximate surface area is 161 Å². The van der Waals surface area contributed by atoms with Gasteiger partial charge in [0.2, 0.25) is 0 Å². The number of carbonyl (C=O) groups is 1. The molecule has 0 spiro atoms. The zero-order valence-electron chi connectivity index (χ0n) is 15.3. The van der Waals surface area contributed by atoms with Crippen molar-refractivity contribution in [3.63, 3.8) is 0 Å². The van der Waals surface area contributed by atoms with Crippen LogP contribution in [0.2, 0.25) is 0 Å². The largest absolute Gasteiger partial charge is 0.418 e. The van der Waals surface area contributed by atoms with Crippen LogP contribution in [0.4, 0.5) is 13.2 Å². The van der Waals surface area contributed by atoms with Gasteiger partial charge in [-0.15, -0.1) is 0 Å². The molecule has 2 fully saturated rings. The fourth-order valence-corrected chi connectivity index (χ4v) is 3.41. The minimum atomic E-state index is -4.50. The summed E-state index contributed by atoms with van der Waals surface area (Å²) in [4.78, 5) is 16.0. The molecule has 2 aliphatic rings. The number of halogens is 3. The van der Waals surface area contributed by atoms with E-state index in [1.54, 1.807) is 12.1 Å². The van der Waals surface area contributed by atoms with Crippen molar-refractivity contribution in [1.82, 2.24) is 15.6 Å². The second-order valence-electron chi connectivity index (χ2n) is 7.60. The van der Waals surface area contributed by atoms with Gasteiger partial charge in [0.25, 0.3) is 5.91 Å². The molecule has 2 saturated carbocycles. The molecule has 2 aliphatic carbocycles. The third-order valence-corrected chi connectivity index (χ3v) is 5.37. The molecule has 1 heterocycles. The van der Waals surface area contributed by atoms with E-state index in [2.05, 4.69) is 15.6 Å². The molecule has 1 amide bonds. The quantitative estimate of drug-likeness (QED) is 0.756. The molecule has 7 heteroatoms. The average molecular weight is 389 g/mol. The first-order valence-electron chi connectivity index (χ1n) is 9.54. The molecular weight excluding hydrogens is 367 g/mol. The number of rotatable bonds is 7. The maximum Gasteiger partial charge on any atom is 0.418 e. The van der Waals surface area contributed by atoms with Crippen LogP contribution in [-0.2, 0) is 12.7 Å². The van der Waals surface area contributed by atoms with E-state index >= 15 is 0 Å². The molecule has 2 atom stereocenters. The van der Waals surface area contributed by atoms with Gasteiger partial charge < -0.3 is 10.6 Å². The van der Waals surface area contributed by atoms with Crippen LogP contribution in [0.15, 0.2) is 42.6 Å². The van der Waals surface area contributed by atoms with Gasteiger partial charge in [0.05, 0.1) is 17.8 Å². The lowest BCUT2D eigenvalue weighted by molar-refractivity contribution is -0.138. The Morgan fingerprint density at radius 2 is 1.89 bits per heavy atom. The van der Waals surface area contributed by atoms with Crippen LogP contribution < -0.4 is 10.6 Å². The number of carbonyl (C=O) groups excluding carboxylic acids is 1. The van der Waals surface area contributed by atoms with Crippen LogP contribution in [0.25, 0.3) is 0 Å². The third kappa shape index (κ3) is 4.52. The highest BCUT2D eigenvalue weighted by Crippen LogP contribution is 2.41. The van der Waals surface area contributed by atoms with Crippen molar-refractivity contribution in [1.29, 1.82) is 0 Å². The summed E-state index contributed by atoms with van der Waals surface area (Å²) in [6.07, 6.45) is 0.561. The first-order valence-corrected chi connectivity index (χ1v) is 9.54. The van der Waals surface area contributed by atoms with E-state index in [0.717, 1.165) is 24.9 Å². The van der Waals surface area contributed by atoms with Gasteiger partial charge in [-0.3, -0.25) is 9.78 Å². The van der Waals surface area contributed by atoms with Gasteiger partial charge in [0.1, 0.15) is 0 Å². The van der Waals surface area contributed by atoms with Crippen molar-refractivity contribution in [2.75, 3.05) is 6.54 Å². The van der Waals surface area contributed by atoms with E-state index in [4.69, 9.17) is 0 Å². The molecule has 1 aromatic heterocycles. The molecule has 2 aromatic rings. The summed E-state index contributed by atoms with van der Waals surface area (Å²) in [5.41, 5.74) is 0.594. The van der Waals surface area contributed by atoms with Gasteiger partial charge in [-0.05, 0) is 61.6 Å². The van der Waals surface area contributed by atoms with E-state index in [9.17, 15) is 18.0 Å². The predicted molar refractivity (Wildman–Crippen MR) is 98.7 cm³/mol. The highest BCUT2D eigenvalue weighted by atomic mass is 19.4.